The normalized spacial score (nSPS) is 30.2. The Morgan fingerprint density at radius 1 is 1.09 bits per heavy atom. The van der Waals surface area contributed by atoms with Crippen LogP contribution >= 0.6 is 0 Å². The molecule has 4 bridgehead atoms. The minimum Gasteiger partial charge on any atom is -0.493 e. The van der Waals surface area contributed by atoms with Crippen molar-refractivity contribution in [2.24, 2.45) is 23.2 Å². The van der Waals surface area contributed by atoms with E-state index >= 15 is 0 Å². The molecule has 4 saturated carbocycles. The molecule has 0 heterocycles. The van der Waals surface area contributed by atoms with Crippen LogP contribution in [0.3, 0.4) is 0 Å². The van der Waals surface area contributed by atoms with Crippen molar-refractivity contribution in [3.8, 4) is 17.6 Å². The van der Waals surface area contributed by atoms with E-state index in [4.69, 9.17) is 9.47 Å². The van der Waals surface area contributed by atoms with Crippen molar-refractivity contribution in [2.75, 3.05) is 14.2 Å². The Hall–Kier alpha value is -2.68. The van der Waals surface area contributed by atoms with Gasteiger partial charge in [0, 0.05) is 18.3 Å². The molecule has 2 unspecified atom stereocenters. The van der Waals surface area contributed by atoms with Gasteiger partial charge >= 0.3 is 0 Å². The highest BCUT2D eigenvalue weighted by Gasteiger charge is 2.53. The van der Waals surface area contributed by atoms with Gasteiger partial charge in [0.15, 0.2) is 11.5 Å². The summed E-state index contributed by atoms with van der Waals surface area (Å²) in [6.07, 6.45) is 9.33. The zero-order valence-electron chi connectivity index (χ0n) is 19.6. The van der Waals surface area contributed by atoms with Crippen molar-refractivity contribution in [1.82, 2.24) is 10.6 Å². The first kappa shape index (κ1) is 22.5. The fourth-order valence-corrected chi connectivity index (χ4v) is 6.71. The number of hydrogen-bond donors (Lipinski definition) is 2. The molecular formula is C26H35N3O3. The summed E-state index contributed by atoms with van der Waals surface area (Å²) in [5.74, 6) is 3.50. The van der Waals surface area contributed by atoms with Crippen molar-refractivity contribution in [3.63, 3.8) is 0 Å². The summed E-state index contributed by atoms with van der Waals surface area (Å²) in [7, 11) is 3.20. The number of hydrogen-bond acceptors (Lipinski definition) is 5. The predicted octanol–water partition coefficient (Wildman–Crippen LogP) is 4.48. The summed E-state index contributed by atoms with van der Waals surface area (Å²) in [4.78, 5) is 12.9. The average Bonchev–Trinajstić information content (AvgIpc) is 2.77. The number of benzene rings is 1. The van der Waals surface area contributed by atoms with Gasteiger partial charge in [0.1, 0.15) is 11.6 Å². The SMILES string of the molecule is COc1ccc(C(C)N/C=C(/C#N)C(=O)NC(C)C23CC4CC(CC(C4)C2)C3)cc1OC. The van der Waals surface area contributed by atoms with E-state index in [9.17, 15) is 10.1 Å². The lowest BCUT2D eigenvalue weighted by molar-refractivity contribution is -0.122. The topological polar surface area (TPSA) is 83.4 Å². The van der Waals surface area contributed by atoms with E-state index in [0.29, 0.717) is 11.5 Å². The molecule has 0 saturated heterocycles. The molecule has 0 aromatic heterocycles. The predicted molar refractivity (Wildman–Crippen MR) is 123 cm³/mol. The molecule has 32 heavy (non-hydrogen) atoms. The van der Waals surface area contributed by atoms with Crippen LogP contribution in [0, 0.1) is 34.5 Å². The highest BCUT2D eigenvalue weighted by molar-refractivity contribution is 5.97. The quantitative estimate of drug-likeness (QED) is 0.463. The maximum atomic E-state index is 12.9. The van der Waals surface area contributed by atoms with Crippen molar-refractivity contribution in [1.29, 1.82) is 5.26 Å². The number of nitriles is 1. The van der Waals surface area contributed by atoms with Gasteiger partial charge in [-0.05, 0) is 93.2 Å². The molecule has 0 radical (unpaired) electrons. The molecule has 1 aromatic carbocycles. The van der Waals surface area contributed by atoms with Crippen LogP contribution < -0.4 is 20.1 Å². The van der Waals surface area contributed by atoms with Crippen molar-refractivity contribution in [2.45, 2.75) is 64.5 Å². The standard InChI is InChI=1S/C26H35N3O3/c1-16(21-5-6-23(31-3)24(10-21)32-4)28-15-22(14-27)25(30)29-17(2)26-11-18-7-19(12-26)9-20(8-18)13-26/h5-6,10,15-20,28H,7-9,11-13H2,1-4H3,(H,29,30)/b22-15-. The molecule has 6 heteroatoms. The first-order chi connectivity index (χ1) is 15.4. The van der Waals surface area contributed by atoms with Crippen LogP contribution in [-0.2, 0) is 4.79 Å². The number of rotatable bonds is 8. The molecular weight excluding hydrogens is 402 g/mol. The Balaban J connectivity index is 1.40. The van der Waals surface area contributed by atoms with Crippen LogP contribution in [0.4, 0.5) is 0 Å². The Morgan fingerprint density at radius 3 is 2.22 bits per heavy atom. The smallest absolute Gasteiger partial charge is 0.263 e. The zero-order valence-corrected chi connectivity index (χ0v) is 19.6. The average molecular weight is 438 g/mol. The highest BCUT2D eigenvalue weighted by Crippen LogP contribution is 2.61. The van der Waals surface area contributed by atoms with Gasteiger partial charge in [-0.1, -0.05) is 6.07 Å². The molecule has 4 aliphatic rings. The number of methoxy groups -OCH3 is 2. The fourth-order valence-electron chi connectivity index (χ4n) is 6.71. The fraction of sp³-hybridized carbons (Fsp3) is 0.615. The number of carbonyl (C=O) groups excluding carboxylic acids is 1. The van der Waals surface area contributed by atoms with Gasteiger partial charge in [-0.25, -0.2) is 0 Å². The van der Waals surface area contributed by atoms with E-state index < -0.39 is 0 Å². The molecule has 2 N–H and O–H groups in total. The Morgan fingerprint density at radius 2 is 1.69 bits per heavy atom. The van der Waals surface area contributed by atoms with Gasteiger partial charge < -0.3 is 20.1 Å². The highest BCUT2D eigenvalue weighted by atomic mass is 16.5. The van der Waals surface area contributed by atoms with Gasteiger partial charge in [0.25, 0.3) is 5.91 Å². The van der Waals surface area contributed by atoms with E-state index in [-0.39, 0.29) is 29.0 Å². The first-order valence-electron chi connectivity index (χ1n) is 11.8. The van der Waals surface area contributed by atoms with Gasteiger partial charge in [-0.2, -0.15) is 5.26 Å². The molecule has 1 amide bonds. The summed E-state index contributed by atoms with van der Waals surface area (Å²) < 4.78 is 10.7. The Kier molecular flexibility index (Phi) is 6.37. The summed E-state index contributed by atoms with van der Waals surface area (Å²) in [5.41, 5.74) is 1.29. The lowest BCUT2D eigenvalue weighted by Gasteiger charge is -2.59. The molecule has 172 valence electrons. The summed E-state index contributed by atoms with van der Waals surface area (Å²) in [6, 6.07) is 7.73. The van der Waals surface area contributed by atoms with Gasteiger partial charge in [0.2, 0.25) is 0 Å². The van der Waals surface area contributed by atoms with Crippen LogP contribution in [0.15, 0.2) is 30.0 Å². The molecule has 4 fully saturated rings. The lowest BCUT2D eigenvalue weighted by Crippen LogP contribution is -2.56. The van der Waals surface area contributed by atoms with Crippen molar-refractivity contribution >= 4 is 5.91 Å². The van der Waals surface area contributed by atoms with E-state index in [1.165, 1.54) is 44.7 Å². The summed E-state index contributed by atoms with van der Waals surface area (Å²) >= 11 is 0. The Labute approximate surface area is 191 Å². The Bertz CT molecular complexity index is 897. The van der Waals surface area contributed by atoms with Gasteiger partial charge in [-0.3, -0.25) is 4.79 Å². The van der Waals surface area contributed by atoms with Gasteiger partial charge in [-0.15, -0.1) is 0 Å². The molecule has 1 aromatic rings. The first-order valence-corrected chi connectivity index (χ1v) is 11.8. The third kappa shape index (κ3) is 4.30. The van der Waals surface area contributed by atoms with Crippen LogP contribution in [0.2, 0.25) is 0 Å². The molecule has 6 nitrogen and oxygen atoms in total. The summed E-state index contributed by atoms with van der Waals surface area (Å²) in [6.45, 7) is 4.11. The third-order valence-electron chi connectivity index (χ3n) is 8.10. The molecule has 4 aliphatic carbocycles. The number of ether oxygens (including phenoxy) is 2. The minimum absolute atomic E-state index is 0.0865. The van der Waals surface area contributed by atoms with Crippen LogP contribution in [-0.4, -0.2) is 26.2 Å². The van der Waals surface area contributed by atoms with E-state index in [2.05, 4.69) is 23.6 Å². The molecule has 0 spiro atoms. The van der Waals surface area contributed by atoms with Crippen LogP contribution in [0.5, 0.6) is 11.5 Å². The van der Waals surface area contributed by atoms with Gasteiger partial charge in [0.05, 0.1) is 14.2 Å². The summed E-state index contributed by atoms with van der Waals surface area (Å²) in [5, 5.41) is 16.0. The van der Waals surface area contributed by atoms with Crippen LogP contribution in [0.1, 0.15) is 64.0 Å². The zero-order chi connectivity index (χ0) is 22.9. The number of nitrogens with one attached hydrogen (secondary N) is 2. The van der Waals surface area contributed by atoms with E-state index in [1.807, 2.05) is 25.1 Å². The number of amides is 1. The largest absolute Gasteiger partial charge is 0.493 e. The maximum Gasteiger partial charge on any atom is 0.263 e. The lowest BCUT2D eigenvalue weighted by atomic mass is 9.48. The monoisotopic (exact) mass is 437 g/mol. The van der Waals surface area contributed by atoms with E-state index in [1.54, 1.807) is 14.2 Å². The van der Waals surface area contributed by atoms with Crippen molar-refractivity contribution in [3.05, 3.63) is 35.5 Å². The molecule has 5 rings (SSSR count). The van der Waals surface area contributed by atoms with E-state index in [0.717, 1.165) is 23.3 Å². The third-order valence-corrected chi connectivity index (χ3v) is 8.10. The second-order valence-corrected chi connectivity index (χ2v) is 10.1. The number of nitrogens with zero attached hydrogens (tertiary/aromatic N) is 1. The molecule has 2 atom stereocenters. The second-order valence-electron chi connectivity index (χ2n) is 10.1. The number of carbonyl (C=O) groups is 1. The van der Waals surface area contributed by atoms with Crippen molar-refractivity contribution < 1.29 is 14.3 Å². The maximum absolute atomic E-state index is 12.9. The second kappa shape index (κ2) is 9.05. The van der Waals surface area contributed by atoms with Crippen LogP contribution in [0.25, 0.3) is 0 Å². The minimum atomic E-state index is -0.289. The molecule has 0 aliphatic heterocycles.